The van der Waals surface area contributed by atoms with E-state index in [0.29, 0.717) is 13.0 Å². The fourth-order valence-electron chi connectivity index (χ4n) is 1.40. The molecule has 90 valence electrons. The summed E-state index contributed by atoms with van der Waals surface area (Å²) in [6.45, 7) is 1.48. The van der Waals surface area contributed by atoms with Crippen molar-refractivity contribution in [1.82, 2.24) is 10.6 Å². The van der Waals surface area contributed by atoms with E-state index in [1.54, 1.807) is 0 Å². The summed E-state index contributed by atoms with van der Waals surface area (Å²) in [5.41, 5.74) is 0. The average molecular weight is 216 g/mol. The first-order valence-corrected chi connectivity index (χ1v) is 5.83. The Bertz CT molecular complexity index is 152. The number of rotatable bonds is 10. The SMILES string of the molecule is CNCCCCCCCC(=O)NCCO. The van der Waals surface area contributed by atoms with Crippen molar-refractivity contribution in [3.05, 3.63) is 0 Å². The molecule has 0 saturated heterocycles. The first-order chi connectivity index (χ1) is 7.31. The molecule has 4 nitrogen and oxygen atoms in total. The smallest absolute Gasteiger partial charge is 0.220 e. The van der Waals surface area contributed by atoms with Gasteiger partial charge < -0.3 is 15.7 Å². The minimum absolute atomic E-state index is 0.0236. The first-order valence-electron chi connectivity index (χ1n) is 5.83. The van der Waals surface area contributed by atoms with Crippen LogP contribution in [0.4, 0.5) is 0 Å². The van der Waals surface area contributed by atoms with E-state index in [1.165, 1.54) is 19.3 Å². The molecular formula is C11H24N2O2. The molecule has 0 heterocycles. The highest BCUT2D eigenvalue weighted by molar-refractivity contribution is 5.75. The van der Waals surface area contributed by atoms with E-state index in [-0.39, 0.29) is 12.5 Å². The van der Waals surface area contributed by atoms with E-state index in [4.69, 9.17) is 5.11 Å². The zero-order valence-electron chi connectivity index (χ0n) is 9.72. The van der Waals surface area contributed by atoms with Crippen molar-refractivity contribution >= 4 is 5.91 Å². The van der Waals surface area contributed by atoms with Gasteiger partial charge in [-0.3, -0.25) is 4.79 Å². The molecule has 0 saturated carbocycles. The Labute approximate surface area is 92.4 Å². The molecule has 0 aromatic rings. The Kier molecular flexibility index (Phi) is 11.0. The number of unbranched alkanes of at least 4 members (excludes halogenated alkanes) is 4. The van der Waals surface area contributed by atoms with Crippen molar-refractivity contribution in [3.8, 4) is 0 Å². The maximum atomic E-state index is 11.1. The maximum Gasteiger partial charge on any atom is 0.220 e. The highest BCUT2D eigenvalue weighted by Crippen LogP contribution is 2.04. The molecular weight excluding hydrogens is 192 g/mol. The molecule has 0 aliphatic heterocycles. The van der Waals surface area contributed by atoms with Crippen LogP contribution in [0.2, 0.25) is 0 Å². The summed E-state index contributed by atoms with van der Waals surface area (Å²) >= 11 is 0. The van der Waals surface area contributed by atoms with Crippen LogP contribution in [-0.2, 0) is 4.79 Å². The van der Waals surface area contributed by atoms with Gasteiger partial charge in [0.15, 0.2) is 0 Å². The lowest BCUT2D eigenvalue weighted by Crippen LogP contribution is -2.25. The van der Waals surface area contributed by atoms with Crippen molar-refractivity contribution in [1.29, 1.82) is 0 Å². The van der Waals surface area contributed by atoms with Gasteiger partial charge in [0.05, 0.1) is 6.61 Å². The Morgan fingerprint density at radius 3 is 2.40 bits per heavy atom. The Hall–Kier alpha value is -0.610. The second kappa shape index (κ2) is 11.5. The third-order valence-electron chi connectivity index (χ3n) is 2.26. The zero-order chi connectivity index (χ0) is 11.4. The van der Waals surface area contributed by atoms with Gasteiger partial charge in [-0.05, 0) is 26.4 Å². The molecule has 0 radical (unpaired) electrons. The van der Waals surface area contributed by atoms with Crippen LogP contribution in [0.5, 0.6) is 0 Å². The fraction of sp³-hybridized carbons (Fsp3) is 0.909. The van der Waals surface area contributed by atoms with Gasteiger partial charge in [-0.2, -0.15) is 0 Å². The second-order valence-electron chi connectivity index (χ2n) is 3.69. The largest absolute Gasteiger partial charge is 0.395 e. The summed E-state index contributed by atoms with van der Waals surface area (Å²) in [6, 6.07) is 0. The molecule has 3 N–H and O–H groups in total. The summed E-state index contributed by atoms with van der Waals surface area (Å²) in [7, 11) is 1.96. The lowest BCUT2D eigenvalue weighted by Gasteiger charge is -2.03. The molecule has 0 aromatic carbocycles. The van der Waals surface area contributed by atoms with Gasteiger partial charge in [0.25, 0.3) is 0 Å². The predicted molar refractivity (Wildman–Crippen MR) is 61.7 cm³/mol. The minimum Gasteiger partial charge on any atom is -0.395 e. The van der Waals surface area contributed by atoms with Crippen LogP contribution in [0, 0.1) is 0 Å². The Balaban J connectivity index is 3.06. The molecule has 15 heavy (non-hydrogen) atoms. The second-order valence-corrected chi connectivity index (χ2v) is 3.69. The molecule has 0 bridgehead atoms. The van der Waals surface area contributed by atoms with E-state index in [9.17, 15) is 4.79 Å². The standard InChI is InChI=1S/C11H24N2O2/c1-12-8-6-4-2-3-5-7-11(15)13-9-10-14/h12,14H,2-10H2,1H3,(H,13,15). The highest BCUT2D eigenvalue weighted by Gasteiger charge is 1.99. The van der Waals surface area contributed by atoms with Gasteiger partial charge in [0.1, 0.15) is 0 Å². The molecule has 0 aliphatic carbocycles. The summed E-state index contributed by atoms with van der Waals surface area (Å²) < 4.78 is 0. The number of hydrogen-bond acceptors (Lipinski definition) is 3. The van der Waals surface area contributed by atoms with E-state index < -0.39 is 0 Å². The van der Waals surface area contributed by atoms with E-state index >= 15 is 0 Å². The van der Waals surface area contributed by atoms with Gasteiger partial charge in [-0.1, -0.05) is 19.3 Å². The third kappa shape index (κ3) is 11.3. The third-order valence-corrected chi connectivity index (χ3v) is 2.26. The first kappa shape index (κ1) is 14.4. The number of carbonyl (C=O) groups excluding carboxylic acids is 1. The summed E-state index contributed by atoms with van der Waals surface area (Å²) in [5, 5.41) is 14.2. The summed E-state index contributed by atoms with van der Waals surface area (Å²) in [4.78, 5) is 11.1. The van der Waals surface area contributed by atoms with Crippen LogP contribution >= 0.6 is 0 Å². The predicted octanol–water partition coefficient (Wildman–Crippen LogP) is 0.655. The zero-order valence-corrected chi connectivity index (χ0v) is 9.72. The number of hydrogen-bond donors (Lipinski definition) is 3. The van der Waals surface area contributed by atoms with Crippen LogP contribution < -0.4 is 10.6 Å². The lowest BCUT2D eigenvalue weighted by molar-refractivity contribution is -0.121. The Morgan fingerprint density at radius 1 is 1.07 bits per heavy atom. The van der Waals surface area contributed by atoms with Crippen LogP contribution in [0.25, 0.3) is 0 Å². The van der Waals surface area contributed by atoms with Gasteiger partial charge in [-0.25, -0.2) is 0 Å². The molecule has 1 amide bonds. The minimum atomic E-state index is 0.0236. The van der Waals surface area contributed by atoms with Gasteiger partial charge >= 0.3 is 0 Å². The molecule has 0 rings (SSSR count). The quantitative estimate of drug-likeness (QED) is 0.470. The van der Waals surface area contributed by atoms with Crippen molar-refractivity contribution in [3.63, 3.8) is 0 Å². The monoisotopic (exact) mass is 216 g/mol. The van der Waals surface area contributed by atoms with Gasteiger partial charge in [-0.15, -0.1) is 0 Å². The number of aliphatic hydroxyl groups excluding tert-OH is 1. The molecule has 0 unspecified atom stereocenters. The number of aliphatic hydroxyl groups is 1. The molecule has 4 heteroatoms. The van der Waals surface area contributed by atoms with Crippen LogP contribution in [0.3, 0.4) is 0 Å². The molecule has 0 spiro atoms. The fourth-order valence-corrected chi connectivity index (χ4v) is 1.40. The van der Waals surface area contributed by atoms with Crippen molar-refractivity contribution < 1.29 is 9.90 Å². The number of amides is 1. The molecule has 0 atom stereocenters. The van der Waals surface area contributed by atoms with Crippen LogP contribution in [0.15, 0.2) is 0 Å². The molecule has 0 aromatic heterocycles. The summed E-state index contributed by atoms with van der Waals surface area (Å²) in [5.74, 6) is 0.0549. The Morgan fingerprint density at radius 2 is 1.73 bits per heavy atom. The van der Waals surface area contributed by atoms with Crippen molar-refractivity contribution in [2.45, 2.75) is 38.5 Å². The van der Waals surface area contributed by atoms with E-state index in [2.05, 4.69) is 10.6 Å². The van der Waals surface area contributed by atoms with Crippen LogP contribution in [0.1, 0.15) is 38.5 Å². The lowest BCUT2D eigenvalue weighted by atomic mass is 10.1. The normalized spacial score (nSPS) is 10.3. The summed E-state index contributed by atoms with van der Waals surface area (Å²) in [6.07, 6.45) is 6.32. The number of carbonyl (C=O) groups is 1. The molecule has 0 fully saturated rings. The van der Waals surface area contributed by atoms with Crippen molar-refractivity contribution in [2.24, 2.45) is 0 Å². The maximum absolute atomic E-state index is 11.1. The van der Waals surface area contributed by atoms with Crippen LogP contribution in [-0.4, -0.2) is 37.8 Å². The number of nitrogens with one attached hydrogen (secondary N) is 2. The van der Waals surface area contributed by atoms with Gasteiger partial charge in [0, 0.05) is 13.0 Å². The highest BCUT2D eigenvalue weighted by atomic mass is 16.3. The van der Waals surface area contributed by atoms with Gasteiger partial charge in [0.2, 0.25) is 5.91 Å². The van der Waals surface area contributed by atoms with E-state index in [1.807, 2.05) is 7.05 Å². The molecule has 0 aliphatic rings. The van der Waals surface area contributed by atoms with Crippen molar-refractivity contribution in [2.75, 3.05) is 26.7 Å². The average Bonchev–Trinajstić information content (AvgIpc) is 2.25. The van der Waals surface area contributed by atoms with E-state index in [0.717, 1.165) is 19.4 Å². The topological polar surface area (TPSA) is 61.4 Å².